The zero-order chi connectivity index (χ0) is 34.8. The van der Waals surface area contributed by atoms with Gasteiger partial charge in [0.05, 0.1) is 18.7 Å². The number of carbonyl (C=O) groups excluding carboxylic acids is 3. The maximum atomic E-state index is 12.6. The number of aromatic carboxylic acids is 1. The summed E-state index contributed by atoms with van der Waals surface area (Å²) in [6.07, 6.45) is 1.68. The smallest absolute Gasteiger partial charge is 0.335 e. The van der Waals surface area contributed by atoms with Crippen LogP contribution in [0, 0.1) is 12.8 Å². The van der Waals surface area contributed by atoms with Gasteiger partial charge in [-0.2, -0.15) is 0 Å². The van der Waals surface area contributed by atoms with Crippen molar-refractivity contribution < 1.29 is 29.0 Å². The maximum absolute atomic E-state index is 12.6. The minimum Gasteiger partial charge on any atom is -0.497 e. The summed E-state index contributed by atoms with van der Waals surface area (Å²) in [7, 11) is 1.57. The number of hydrogen-bond acceptors (Lipinski definition) is 6. The molecule has 2 fully saturated rings. The van der Waals surface area contributed by atoms with Crippen LogP contribution in [0.5, 0.6) is 5.75 Å². The molecular weight excluding hydrogens is 742 g/mol. The fourth-order valence-corrected chi connectivity index (χ4v) is 5.83. The number of Topliss-reactive ketones (excluding diaryl/α,β-unsaturated/α-hetero) is 1. The van der Waals surface area contributed by atoms with Crippen molar-refractivity contribution in [2.75, 3.05) is 30.0 Å². The molecule has 2 unspecified atom stereocenters. The lowest BCUT2D eigenvalue weighted by Gasteiger charge is -2.17. The number of aryl methyl sites for hydroxylation is 1. The van der Waals surface area contributed by atoms with Crippen molar-refractivity contribution in [3.05, 3.63) is 123 Å². The van der Waals surface area contributed by atoms with E-state index in [0.717, 1.165) is 38.8 Å². The van der Waals surface area contributed by atoms with Crippen LogP contribution in [0.3, 0.4) is 0 Å². The molecular formula is C37H37Br2N3O6. The predicted octanol–water partition coefficient (Wildman–Crippen LogP) is 7.29. The van der Waals surface area contributed by atoms with Crippen molar-refractivity contribution in [3.8, 4) is 5.75 Å². The Kier molecular flexibility index (Phi) is 13.1. The van der Waals surface area contributed by atoms with Crippen LogP contribution in [0.1, 0.15) is 45.5 Å². The molecule has 2 atom stereocenters. The molecule has 2 aliphatic rings. The Hall–Kier alpha value is -4.32. The Morgan fingerprint density at radius 2 is 1.33 bits per heavy atom. The molecule has 4 aromatic carbocycles. The molecule has 3 N–H and O–H groups in total. The molecule has 0 radical (unpaired) electrons. The minimum absolute atomic E-state index is 0.0207. The second kappa shape index (κ2) is 17.2. The average Bonchev–Trinajstić information content (AvgIpc) is 3.62. The summed E-state index contributed by atoms with van der Waals surface area (Å²) in [5, 5.41) is 8.51. The lowest BCUT2D eigenvalue weighted by Crippen LogP contribution is -2.33. The van der Waals surface area contributed by atoms with Crippen LogP contribution >= 0.6 is 31.9 Å². The molecule has 0 aliphatic carbocycles. The molecule has 0 spiro atoms. The van der Waals surface area contributed by atoms with Gasteiger partial charge in [-0.15, -0.1) is 0 Å². The number of benzene rings is 4. The number of ketones is 1. The molecule has 0 aromatic heterocycles. The number of anilines is 2. The highest BCUT2D eigenvalue weighted by Crippen LogP contribution is 2.29. The molecule has 2 aliphatic heterocycles. The van der Waals surface area contributed by atoms with E-state index >= 15 is 0 Å². The molecule has 9 nitrogen and oxygen atoms in total. The van der Waals surface area contributed by atoms with Gasteiger partial charge in [0.25, 0.3) is 0 Å². The van der Waals surface area contributed by atoms with Gasteiger partial charge in [0, 0.05) is 51.3 Å². The molecule has 4 aromatic rings. The van der Waals surface area contributed by atoms with E-state index in [-0.39, 0.29) is 36.0 Å². The first kappa shape index (κ1) is 36.5. The van der Waals surface area contributed by atoms with E-state index in [1.165, 1.54) is 0 Å². The lowest BCUT2D eigenvalue weighted by molar-refractivity contribution is -0.120. The molecule has 48 heavy (non-hydrogen) atoms. The standard InChI is InChI=1S/C19H18BrNO3.C10H11BrN2O.C8H8O2/c1-24-17-4-2-3-13(11-17)18(22)12-14-9-10-21(19(14)23)16-7-5-15(20)6-8-16;11-7-1-3-8(4-2-7)13-6-5-9(12)10(13)14;1-6-3-2-4-7(5-6)8(9)10/h2-8,11,14H,9-10,12H2,1H3;1-4,9H,5-6,12H2;2-5H,1H3,(H,9,10). The predicted molar refractivity (Wildman–Crippen MR) is 194 cm³/mol. The van der Waals surface area contributed by atoms with Gasteiger partial charge < -0.3 is 25.4 Å². The Morgan fingerprint density at radius 1 is 0.792 bits per heavy atom. The first-order valence-electron chi connectivity index (χ1n) is 15.3. The van der Waals surface area contributed by atoms with Crippen molar-refractivity contribution in [2.24, 2.45) is 11.7 Å². The topological polar surface area (TPSA) is 130 Å². The second-order valence-electron chi connectivity index (χ2n) is 11.3. The van der Waals surface area contributed by atoms with Crippen molar-refractivity contribution in [3.63, 3.8) is 0 Å². The van der Waals surface area contributed by atoms with E-state index in [2.05, 4.69) is 31.9 Å². The third-order valence-corrected chi connectivity index (χ3v) is 8.99. The average molecular weight is 780 g/mol. The largest absolute Gasteiger partial charge is 0.497 e. The maximum Gasteiger partial charge on any atom is 0.335 e. The van der Waals surface area contributed by atoms with Crippen LogP contribution in [0.2, 0.25) is 0 Å². The molecule has 2 amide bonds. The highest BCUT2D eigenvalue weighted by atomic mass is 79.9. The molecule has 6 rings (SSSR count). The van der Waals surface area contributed by atoms with Crippen molar-refractivity contribution in [1.82, 2.24) is 0 Å². The number of carboxylic acids is 1. The number of halogens is 2. The Bertz CT molecular complexity index is 1750. The number of nitrogens with zero attached hydrogens (tertiary/aromatic N) is 2. The number of ether oxygens (including phenoxy) is 1. The van der Waals surface area contributed by atoms with Gasteiger partial charge in [-0.1, -0.05) is 61.7 Å². The van der Waals surface area contributed by atoms with Gasteiger partial charge in [-0.25, -0.2) is 4.79 Å². The number of rotatable bonds is 7. The quantitative estimate of drug-likeness (QED) is 0.189. The summed E-state index contributed by atoms with van der Waals surface area (Å²) in [6, 6.07) is 28.9. The molecule has 11 heteroatoms. The molecule has 250 valence electrons. The van der Waals surface area contributed by atoms with Crippen LogP contribution in [-0.2, 0) is 9.59 Å². The minimum atomic E-state index is -0.872. The highest BCUT2D eigenvalue weighted by molar-refractivity contribution is 9.10. The van der Waals surface area contributed by atoms with Gasteiger partial charge in [-0.05, 0) is 92.6 Å². The summed E-state index contributed by atoms with van der Waals surface area (Å²) in [5.41, 5.74) is 9.34. The summed E-state index contributed by atoms with van der Waals surface area (Å²) in [4.78, 5) is 50.5. The third-order valence-electron chi connectivity index (χ3n) is 7.93. The van der Waals surface area contributed by atoms with Crippen molar-refractivity contribution >= 4 is 66.8 Å². The zero-order valence-electron chi connectivity index (χ0n) is 26.6. The Morgan fingerprint density at radius 3 is 1.83 bits per heavy atom. The monoisotopic (exact) mass is 777 g/mol. The number of methoxy groups -OCH3 is 1. The van der Waals surface area contributed by atoms with Gasteiger partial charge in [0.1, 0.15) is 5.75 Å². The molecule has 0 bridgehead atoms. The number of nitrogens with two attached hydrogens (primary N) is 1. The zero-order valence-corrected chi connectivity index (χ0v) is 29.8. The van der Waals surface area contributed by atoms with Crippen LogP contribution < -0.4 is 20.3 Å². The van der Waals surface area contributed by atoms with E-state index < -0.39 is 5.97 Å². The van der Waals surface area contributed by atoms with Crippen LogP contribution in [0.25, 0.3) is 0 Å². The highest BCUT2D eigenvalue weighted by Gasteiger charge is 2.34. The van der Waals surface area contributed by atoms with Crippen molar-refractivity contribution in [1.29, 1.82) is 0 Å². The molecule has 0 saturated carbocycles. The van der Waals surface area contributed by atoms with Gasteiger partial charge in [0.2, 0.25) is 11.8 Å². The number of amides is 2. The molecule has 2 heterocycles. The second-order valence-corrected chi connectivity index (χ2v) is 13.2. The van der Waals surface area contributed by atoms with Gasteiger partial charge >= 0.3 is 5.97 Å². The summed E-state index contributed by atoms with van der Waals surface area (Å²) in [6.45, 7) is 3.24. The Balaban J connectivity index is 0.000000182. The number of carboxylic acid groups (broad SMARTS) is 1. The van der Waals surface area contributed by atoms with Crippen molar-refractivity contribution in [2.45, 2.75) is 32.2 Å². The van der Waals surface area contributed by atoms with Crippen LogP contribution in [0.4, 0.5) is 11.4 Å². The summed E-state index contributed by atoms with van der Waals surface area (Å²) in [5.74, 6) is -0.461. The third kappa shape index (κ3) is 9.85. The first-order valence-corrected chi connectivity index (χ1v) is 16.9. The fourth-order valence-electron chi connectivity index (χ4n) is 5.30. The Labute approximate surface area is 296 Å². The first-order chi connectivity index (χ1) is 23.0. The van der Waals surface area contributed by atoms with E-state index in [1.54, 1.807) is 59.4 Å². The summed E-state index contributed by atoms with van der Waals surface area (Å²) < 4.78 is 7.14. The number of carbonyl (C=O) groups is 4. The van der Waals surface area contributed by atoms with Crippen LogP contribution in [0.15, 0.2) is 106 Å². The molecule has 2 saturated heterocycles. The number of hydrogen-bond donors (Lipinski definition) is 2. The van der Waals surface area contributed by atoms with Gasteiger partial charge in [-0.3, -0.25) is 14.4 Å². The normalized spacial score (nSPS) is 16.9. The van der Waals surface area contributed by atoms with E-state index in [9.17, 15) is 19.2 Å². The van der Waals surface area contributed by atoms with E-state index in [1.807, 2.05) is 61.5 Å². The summed E-state index contributed by atoms with van der Waals surface area (Å²) >= 11 is 6.75. The van der Waals surface area contributed by atoms with E-state index in [4.69, 9.17) is 15.6 Å². The van der Waals surface area contributed by atoms with Gasteiger partial charge in [0.15, 0.2) is 5.78 Å². The van der Waals surface area contributed by atoms with E-state index in [0.29, 0.717) is 29.8 Å². The fraction of sp³-hybridized carbons (Fsp3) is 0.243. The van der Waals surface area contributed by atoms with Crippen LogP contribution in [-0.4, -0.2) is 54.9 Å². The SMILES string of the molecule is COc1cccc(C(=O)CC2CCN(c3ccc(Br)cc3)C2=O)c1.Cc1cccc(C(=O)O)c1.NC1CCN(c2ccc(Br)cc2)C1=O. The lowest BCUT2D eigenvalue weighted by atomic mass is 9.97.